The molecule has 0 spiro atoms. The van der Waals surface area contributed by atoms with Gasteiger partial charge in [0.25, 0.3) is 0 Å². The van der Waals surface area contributed by atoms with E-state index in [9.17, 15) is 14.4 Å². The molecule has 3 N–H and O–H groups in total. The van der Waals surface area contributed by atoms with Crippen molar-refractivity contribution in [2.24, 2.45) is 5.92 Å². The Kier molecular flexibility index (Phi) is 8.47. The Balaban J connectivity index is 1.68. The summed E-state index contributed by atoms with van der Waals surface area (Å²) in [5.41, 5.74) is 0. The molecule has 0 saturated carbocycles. The number of rotatable bonds is 7. The second kappa shape index (κ2) is 10.8. The first kappa shape index (κ1) is 21.1. The quantitative estimate of drug-likeness (QED) is 0.613. The van der Waals surface area contributed by atoms with E-state index < -0.39 is 6.03 Å². The maximum absolute atomic E-state index is 12.3. The van der Waals surface area contributed by atoms with E-state index >= 15 is 0 Å². The highest BCUT2D eigenvalue weighted by Crippen LogP contribution is 2.19. The summed E-state index contributed by atoms with van der Waals surface area (Å²) in [6.07, 6.45) is 4.63. The van der Waals surface area contributed by atoms with Crippen LogP contribution in [-0.2, 0) is 9.59 Å². The number of hydrogen-bond donors (Lipinski definition) is 3. The molecule has 0 atom stereocenters. The highest BCUT2D eigenvalue weighted by molar-refractivity contribution is 6.30. The minimum atomic E-state index is -0.460. The van der Waals surface area contributed by atoms with Crippen molar-refractivity contribution in [3.05, 3.63) is 23.4 Å². The molecule has 1 aliphatic rings. The summed E-state index contributed by atoms with van der Waals surface area (Å²) in [5, 5.41) is 8.27. The van der Waals surface area contributed by atoms with Crippen LogP contribution in [0.3, 0.4) is 0 Å². The minimum absolute atomic E-state index is 0.0794. The van der Waals surface area contributed by atoms with Crippen LogP contribution in [0.2, 0.25) is 5.02 Å². The lowest BCUT2D eigenvalue weighted by molar-refractivity contribution is -0.122. The molecule has 0 aromatic carbocycles. The summed E-state index contributed by atoms with van der Waals surface area (Å²) in [4.78, 5) is 41.8. The summed E-state index contributed by atoms with van der Waals surface area (Å²) in [6.45, 7) is 3.97. The van der Waals surface area contributed by atoms with Gasteiger partial charge in [-0.25, -0.2) is 9.78 Å². The van der Waals surface area contributed by atoms with Gasteiger partial charge in [0.15, 0.2) is 0 Å². The Labute approximate surface area is 164 Å². The molecular formula is C18H26ClN5O3. The van der Waals surface area contributed by atoms with E-state index in [1.165, 1.54) is 6.20 Å². The molecule has 0 aliphatic carbocycles. The van der Waals surface area contributed by atoms with Gasteiger partial charge in [-0.15, -0.1) is 0 Å². The van der Waals surface area contributed by atoms with E-state index in [2.05, 4.69) is 20.9 Å². The lowest BCUT2D eigenvalue weighted by atomic mass is 9.96. The molecule has 2 rings (SSSR count). The highest BCUT2D eigenvalue weighted by atomic mass is 35.5. The lowest BCUT2D eigenvalue weighted by Gasteiger charge is -2.30. The van der Waals surface area contributed by atoms with E-state index in [0.717, 1.165) is 12.8 Å². The van der Waals surface area contributed by atoms with Crippen molar-refractivity contribution in [3.8, 4) is 0 Å². The van der Waals surface area contributed by atoms with Crippen LogP contribution in [0.5, 0.6) is 0 Å². The molecule has 0 bridgehead atoms. The predicted molar refractivity (Wildman–Crippen MR) is 103 cm³/mol. The van der Waals surface area contributed by atoms with Crippen molar-refractivity contribution in [2.45, 2.75) is 32.6 Å². The van der Waals surface area contributed by atoms with Gasteiger partial charge in [-0.2, -0.15) is 0 Å². The van der Waals surface area contributed by atoms with Gasteiger partial charge < -0.3 is 10.6 Å². The van der Waals surface area contributed by atoms with Crippen LogP contribution < -0.4 is 16.0 Å². The highest BCUT2D eigenvalue weighted by Gasteiger charge is 2.26. The van der Waals surface area contributed by atoms with E-state index in [4.69, 9.17) is 11.6 Å². The molecule has 8 nitrogen and oxygen atoms in total. The van der Waals surface area contributed by atoms with Gasteiger partial charge in [0, 0.05) is 18.7 Å². The van der Waals surface area contributed by atoms with Gasteiger partial charge in [0.2, 0.25) is 11.8 Å². The number of amides is 4. The number of halogens is 1. The molecule has 1 aromatic heterocycles. The van der Waals surface area contributed by atoms with Crippen molar-refractivity contribution in [1.29, 1.82) is 0 Å². The summed E-state index contributed by atoms with van der Waals surface area (Å²) in [7, 11) is 0. The van der Waals surface area contributed by atoms with E-state index in [0.29, 0.717) is 43.3 Å². The second-order valence-corrected chi connectivity index (χ2v) is 7.00. The minimum Gasteiger partial charge on any atom is -0.338 e. The first-order valence-electron chi connectivity index (χ1n) is 9.20. The van der Waals surface area contributed by atoms with Crippen LogP contribution in [0.4, 0.5) is 10.6 Å². The van der Waals surface area contributed by atoms with E-state index in [1.54, 1.807) is 12.1 Å². The van der Waals surface area contributed by atoms with Gasteiger partial charge in [0.05, 0.1) is 11.6 Å². The van der Waals surface area contributed by atoms with Gasteiger partial charge in [-0.3, -0.25) is 19.8 Å². The number of pyridine rings is 1. The van der Waals surface area contributed by atoms with Crippen LogP contribution in [0.15, 0.2) is 18.3 Å². The topological polar surface area (TPSA) is 103 Å². The van der Waals surface area contributed by atoms with Crippen molar-refractivity contribution >= 4 is 35.3 Å². The summed E-state index contributed by atoms with van der Waals surface area (Å²) in [5.74, 6) is -0.0686. The van der Waals surface area contributed by atoms with Crippen LogP contribution >= 0.6 is 11.6 Å². The fraction of sp³-hybridized carbons (Fsp3) is 0.556. The fourth-order valence-corrected chi connectivity index (χ4v) is 2.94. The number of likely N-dealkylation sites (tertiary alicyclic amines) is 1. The summed E-state index contributed by atoms with van der Waals surface area (Å²) < 4.78 is 0. The van der Waals surface area contributed by atoms with Gasteiger partial charge in [-0.1, -0.05) is 24.9 Å². The van der Waals surface area contributed by atoms with E-state index in [-0.39, 0.29) is 24.3 Å². The number of carbonyl (C=O) groups is 3. The number of anilines is 1. The molecule has 1 aromatic rings. The molecule has 0 radical (unpaired) electrons. The maximum atomic E-state index is 12.3. The Morgan fingerprint density at radius 1 is 1.26 bits per heavy atom. The summed E-state index contributed by atoms with van der Waals surface area (Å²) >= 11 is 5.78. The van der Waals surface area contributed by atoms with Crippen molar-refractivity contribution in [1.82, 2.24) is 20.5 Å². The first-order chi connectivity index (χ1) is 13.0. The molecule has 1 fully saturated rings. The molecular weight excluding hydrogens is 370 g/mol. The Bertz CT molecular complexity index is 645. The first-order valence-corrected chi connectivity index (χ1v) is 9.58. The van der Waals surface area contributed by atoms with Crippen LogP contribution in [-0.4, -0.2) is 53.9 Å². The van der Waals surface area contributed by atoms with Crippen molar-refractivity contribution < 1.29 is 14.4 Å². The summed E-state index contributed by atoms with van der Waals surface area (Å²) in [6, 6.07) is 2.87. The van der Waals surface area contributed by atoms with Gasteiger partial charge in [0.1, 0.15) is 5.82 Å². The molecule has 27 heavy (non-hydrogen) atoms. The number of nitrogens with one attached hydrogen (secondary N) is 3. The number of carbonyl (C=O) groups excluding carboxylic acids is 3. The number of piperidine rings is 1. The Morgan fingerprint density at radius 2 is 2.00 bits per heavy atom. The number of nitrogens with zero attached hydrogens (tertiary/aromatic N) is 2. The molecule has 4 amide bonds. The van der Waals surface area contributed by atoms with Crippen molar-refractivity contribution in [2.75, 3.05) is 31.5 Å². The molecule has 0 unspecified atom stereocenters. The normalized spacial score (nSPS) is 15.2. The molecule has 148 valence electrons. The third-order valence-electron chi connectivity index (χ3n) is 4.37. The Morgan fingerprint density at radius 3 is 2.63 bits per heavy atom. The molecule has 9 heteroatoms. The second-order valence-electron chi connectivity index (χ2n) is 6.56. The zero-order chi connectivity index (χ0) is 19.6. The maximum Gasteiger partial charge on any atom is 0.321 e. The predicted octanol–water partition coefficient (Wildman–Crippen LogP) is 2.01. The van der Waals surface area contributed by atoms with Crippen LogP contribution in [0, 0.1) is 5.92 Å². The molecule has 1 aliphatic heterocycles. The number of urea groups is 1. The zero-order valence-electron chi connectivity index (χ0n) is 15.5. The number of hydrogen-bond acceptors (Lipinski definition) is 5. The third kappa shape index (κ3) is 7.52. The average molecular weight is 396 g/mol. The standard InChI is InChI=1S/C18H26ClN5O3/c1-2-3-8-20-18(27)23-16(25)12-24-9-6-13(7-10-24)17(26)22-15-5-4-14(19)11-21-15/h4-5,11,13H,2-3,6-10,12H2,1H3,(H,21,22,26)(H2,20,23,25,27). The largest absolute Gasteiger partial charge is 0.338 e. The SMILES string of the molecule is CCCCNC(=O)NC(=O)CN1CCC(C(=O)Nc2ccc(Cl)cn2)CC1. The molecule has 2 heterocycles. The fourth-order valence-electron chi connectivity index (χ4n) is 2.82. The van der Waals surface area contributed by atoms with E-state index in [1.807, 2.05) is 11.8 Å². The number of unbranched alkanes of at least 4 members (excludes halogenated alkanes) is 1. The smallest absolute Gasteiger partial charge is 0.321 e. The Hall–Kier alpha value is -2.19. The molecule has 1 saturated heterocycles. The zero-order valence-corrected chi connectivity index (χ0v) is 16.2. The lowest BCUT2D eigenvalue weighted by Crippen LogP contribution is -2.47. The van der Waals surface area contributed by atoms with Crippen molar-refractivity contribution in [3.63, 3.8) is 0 Å². The van der Waals surface area contributed by atoms with Gasteiger partial charge >= 0.3 is 6.03 Å². The van der Waals surface area contributed by atoms with Crippen LogP contribution in [0.1, 0.15) is 32.6 Å². The third-order valence-corrected chi connectivity index (χ3v) is 4.60. The number of aromatic nitrogens is 1. The number of imide groups is 1. The monoisotopic (exact) mass is 395 g/mol. The van der Waals surface area contributed by atoms with Crippen LogP contribution in [0.25, 0.3) is 0 Å². The average Bonchev–Trinajstić information content (AvgIpc) is 2.64. The van der Waals surface area contributed by atoms with Gasteiger partial charge in [-0.05, 0) is 44.5 Å².